The van der Waals surface area contributed by atoms with Gasteiger partial charge in [0.1, 0.15) is 11.5 Å². The maximum absolute atomic E-state index is 9.47. The van der Waals surface area contributed by atoms with E-state index in [1.807, 2.05) is 43.3 Å². The second kappa shape index (κ2) is 5.85. The Hall–Kier alpha value is -1.87. The monoisotopic (exact) mass is 257 g/mol. The Balaban J connectivity index is 2.21. The maximum Gasteiger partial charge on any atom is 0.148 e. The summed E-state index contributed by atoms with van der Waals surface area (Å²) < 4.78 is 5.85. The fourth-order valence-electron chi connectivity index (χ4n) is 1.89. The van der Waals surface area contributed by atoms with E-state index in [9.17, 15) is 5.11 Å². The predicted octanol–water partition coefficient (Wildman–Crippen LogP) is 3.80. The minimum atomic E-state index is -0.457. The van der Waals surface area contributed by atoms with Gasteiger partial charge >= 0.3 is 0 Å². The van der Waals surface area contributed by atoms with Crippen molar-refractivity contribution in [3.05, 3.63) is 53.3 Å². The van der Waals surface area contributed by atoms with E-state index in [0.29, 0.717) is 0 Å². The van der Waals surface area contributed by atoms with Gasteiger partial charge in [0.25, 0.3) is 0 Å². The fraction of sp³-hybridized carbons (Fsp3) is 0.312. The van der Waals surface area contributed by atoms with E-state index in [1.54, 1.807) is 6.92 Å². The summed E-state index contributed by atoms with van der Waals surface area (Å²) in [6, 6.07) is 11.4. The maximum atomic E-state index is 9.47. The van der Waals surface area contributed by atoms with Crippen LogP contribution in [-0.2, 0) is 6.42 Å². The molecule has 2 aromatic rings. The third-order valence-electron chi connectivity index (χ3n) is 3.00. The molecule has 0 amide bonds. The summed E-state index contributed by atoms with van der Waals surface area (Å²) >= 11 is 0. The van der Waals surface area contributed by atoms with Crippen molar-refractivity contribution in [3.63, 3.8) is 0 Å². The van der Waals surface area contributed by atoms with Crippen molar-refractivity contribution in [2.75, 3.05) is 0 Å². The van der Waals surface area contributed by atoms with Gasteiger partial charge < -0.3 is 9.84 Å². The number of aliphatic hydroxyl groups excluding tert-OH is 1. The quantitative estimate of drug-likeness (QED) is 0.906. The summed E-state index contributed by atoms with van der Waals surface area (Å²) in [5, 5.41) is 9.47. The van der Waals surface area contributed by atoms with Crippen LogP contribution in [0.1, 0.15) is 36.9 Å². The molecule has 1 unspecified atom stereocenters. The fourth-order valence-corrected chi connectivity index (χ4v) is 1.89. The number of hydrogen-bond donors (Lipinski definition) is 1. The smallest absolute Gasteiger partial charge is 0.148 e. The molecule has 3 heteroatoms. The molecule has 19 heavy (non-hydrogen) atoms. The lowest BCUT2D eigenvalue weighted by Gasteiger charge is -2.11. The van der Waals surface area contributed by atoms with Crippen LogP contribution in [0.3, 0.4) is 0 Å². The van der Waals surface area contributed by atoms with E-state index >= 15 is 0 Å². The van der Waals surface area contributed by atoms with Gasteiger partial charge in [0.2, 0.25) is 0 Å². The summed E-state index contributed by atoms with van der Waals surface area (Å²) in [5.41, 5.74) is 2.83. The summed E-state index contributed by atoms with van der Waals surface area (Å²) in [6.07, 6.45) is 0.379. The first-order valence-corrected chi connectivity index (χ1v) is 6.52. The van der Waals surface area contributed by atoms with Crippen LogP contribution in [0.15, 0.2) is 36.4 Å². The molecule has 0 fully saturated rings. The number of nitrogens with zero attached hydrogens (tertiary/aromatic N) is 1. The Bertz CT molecular complexity index is 547. The number of aromatic nitrogens is 1. The molecule has 1 atom stereocenters. The Morgan fingerprint density at radius 3 is 2.42 bits per heavy atom. The third-order valence-corrected chi connectivity index (χ3v) is 3.00. The number of aryl methyl sites for hydroxylation is 2. The molecule has 1 heterocycles. The Labute approximate surface area is 113 Å². The topological polar surface area (TPSA) is 42.4 Å². The highest BCUT2D eigenvalue weighted by atomic mass is 16.5. The van der Waals surface area contributed by atoms with Crippen LogP contribution in [0, 0.1) is 6.92 Å². The number of aliphatic hydroxyl groups is 1. The molecule has 0 aliphatic rings. The number of hydrogen-bond acceptors (Lipinski definition) is 3. The molecule has 0 aliphatic carbocycles. The SMILES string of the molecule is CCc1nc(C)ccc1Oc1ccc(C(C)O)cc1. The zero-order valence-corrected chi connectivity index (χ0v) is 11.6. The van der Waals surface area contributed by atoms with E-state index in [0.717, 1.165) is 34.9 Å². The Morgan fingerprint density at radius 2 is 1.84 bits per heavy atom. The lowest BCUT2D eigenvalue weighted by molar-refractivity contribution is 0.199. The molecule has 0 aliphatic heterocycles. The standard InChI is InChI=1S/C16H19NO2/c1-4-15-16(10-5-11(2)17-15)19-14-8-6-13(7-9-14)12(3)18/h5-10,12,18H,4H2,1-3H3. The summed E-state index contributed by atoms with van der Waals surface area (Å²) in [4.78, 5) is 4.47. The summed E-state index contributed by atoms with van der Waals surface area (Å²) in [7, 11) is 0. The van der Waals surface area contributed by atoms with E-state index in [-0.39, 0.29) is 0 Å². The van der Waals surface area contributed by atoms with Crippen LogP contribution < -0.4 is 4.74 Å². The number of rotatable bonds is 4. The zero-order valence-electron chi connectivity index (χ0n) is 11.6. The highest BCUT2D eigenvalue weighted by Crippen LogP contribution is 2.26. The van der Waals surface area contributed by atoms with Crippen molar-refractivity contribution in [1.29, 1.82) is 0 Å². The highest BCUT2D eigenvalue weighted by molar-refractivity contribution is 5.36. The highest BCUT2D eigenvalue weighted by Gasteiger charge is 2.06. The second-order valence-electron chi connectivity index (χ2n) is 4.60. The molecule has 2 rings (SSSR count). The largest absolute Gasteiger partial charge is 0.455 e. The first kappa shape index (κ1) is 13.6. The molecule has 1 N–H and O–H groups in total. The van der Waals surface area contributed by atoms with Gasteiger partial charge in [-0.05, 0) is 50.1 Å². The predicted molar refractivity (Wildman–Crippen MR) is 75.5 cm³/mol. The number of ether oxygens (including phenoxy) is 1. The molecule has 0 saturated carbocycles. The molecule has 0 radical (unpaired) electrons. The Morgan fingerprint density at radius 1 is 1.16 bits per heavy atom. The van der Waals surface area contributed by atoms with E-state index in [2.05, 4.69) is 11.9 Å². The van der Waals surface area contributed by atoms with Crippen molar-refractivity contribution in [2.24, 2.45) is 0 Å². The average molecular weight is 257 g/mol. The van der Waals surface area contributed by atoms with Crippen molar-refractivity contribution < 1.29 is 9.84 Å². The van der Waals surface area contributed by atoms with Gasteiger partial charge in [-0.25, -0.2) is 0 Å². The molecule has 100 valence electrons. The van der Waals surface area contributed by atoms with Gasteiger partial charge in [0.15, 0.2) is 0 Å². The van der Waals surface area contributed by atoms with Gasteiger partial charge in [-0.2, -0.15) is 0 Å². The van der Waals surface area contributed by atoms with Gasteiger partial charge in [0.05, 0.1) is 11.8 Å². The zero-order chi connectivity index (χ0) is 13.8. The van der Waals surface area contributed by atoms with E-state index in [4.69, 9.17) is 4.74 Å². The lowest BCUT2D eigenvalue weighted by Crippen LogP contribution is -1.96. The average Bonchev–Trinajstić information content (AvgIpc) is 2.41. The normalized spacial score (nSPS) is 12.2. The molecule has 1 aromatic heterocycles. The molecule has 0 bridgehead atoms. The van der Waals surface area contributed by atoms with Crippen LogP contribution in [-0.4, -0.2) is 10.1 Å². The number of benzene rings is 1. The van der Waals surface area contributed by atoms with Crippen LogP contribution in [0.2, 0.25) is 0 Å². The minimum Gasteiger partial charge on any atom is -0.455 e. The number of pyridine rings is 1. The van der Waals surface area contributed by atoms with Crippen LogP contribution in [0.4, 0.5) is 0 Å². The van der Waals surface area contributed by atoms with Gasteiger partial charge in [-0.1, -0.05) is 19.1 Å². The van der Waals surface area contributed by atoms with Crippen molar-refractivity contribution in [3.8, 4) is 11.5 Å². The first-order chi connectivity index (χ1) is 9.10. The van der Waals surface area contributed by atoms with Crippen LogP contribution in [0.25, 0.3) is 0 Å². The van der Waals surface area contributed by atoms with Gasteiger partial charge in [-0.3, -0.25) is 4.98 Å². The van der Waals surface area contributed by atoms with E-state index < -0.39 is 6.10 Å². The van der Waals surface area contributed by atoms with Gasteiger partial charge in [0, 0.05) is 5.69 Å². The lowest BCUT2D eigenvalue weighted by atomic mass is 10.1. The molecule has 3 nitrogen and oxygen atoms in total. The third kappa shape index (κ3) is 3.32. The first-order valence-electron chi connectivity index (χ1n) is 6.52. The molecular formula is C16H19NO2. The summed E-state index contributed by atoms with van der Waals surface area (Å²) in [5.74, 6) is 1.54. The molecule has 1 aromatic carbocycles. The van der Waals surface area contributed by atoms with Crippen molar-refractivity contribution in [2.45, 2.75) is 33.3 Å². The minimum absolute atomic E-state index is 0.457. The Kier molecular flexibility index (Phi) is 4.17. The summed E-state index contributed by atoms with van der Waals surface area (Å²) in [6.45, 7) is 5.78. The van der Waals surface area contributed by atoms with E-state index in [1.165, 1.54) is 0 Å². The second-order valence-corrected chi connectivity index (χ2v) is 4.60. The molecule has 0 spiro atoms. The van der Waals surface area contributed by atoms with Crippen LogP contribution >= 0.6 is 0 Å². The van der Waals surface area contributed by atoms with Crippen molar-refractivity contribution >= 4 is 0 Å². The van der Waals surface area contributed by atoms with Crippen LogP contribution in [0.5, 0.6) is 11.5 Å². The molecule has 0 saturated heterocycles. The van der Waals surface area contributed by atoms with Crippen molar-refractivity contribution in [1.82, 2.24) is 4.98 Å². The molecular weight excluding hydrogens is 238 g/mol. The van der Waals surface area contributed by atoms with Gasteiger partial charge in [-0.15, -0.1) is 0 Å².